The molecule has 7 N–H and O–H groups in total. The average Bonchev–Trinajstić information content (AvgIpc) is 2.73. The normalized spacial score (nSPS) is 32.2. The molecule has 2 aliphatic heterocycles. The lowest BCUT2D eigenvalue weighted by atomic mass is 9.92. The second-order valence-electron chi connectivity index (χ2n) is 7.73. The third kappa shape index (κ3) is 3.70. The fourth-order valence-corrected chi connectivity index (χ4v) is 3.77. The molecule has 1 saturated heterocycles. The first-order valence-corrected chi connectivity index (χ1v) is 9.72. The van der Waals surface area contributed by atoms with Crippen molar-refractivity contribution in [1.29, 1.82) is 0 Å². The summed E-state index contributed by atoms with van der Waals surface area (Å²) in [6, 6.07) is 5.72. The number of aromatic hydroxyl groups is 4. The number of carbonyl (C=O) groups is 1. The van der Waals surface area contributed by atoms with E-state index >= 15 is 0 Å². The van der Waals surface area contributed by atoms with Gasteiger partial charge in [-0.15, -0.1) is 0 Å². The molecule has 0 unspecified atom stereocenters. The van der Waals surface area contributed by atoms with Crippen LogP contribution in [0.25, 0.3) is 0 Å². The van der Waals surface area contributed by atoms with E-state index in [1.807, 2.05) is 0 Å². The van der Waals surface area contributed by atoms with Gasteiger partial charge >= 0.3 is 0 Å². The van der Waals surface area contributed by atoms with Gasteiger partial charge in [0.25, 0.3) is 0 Å². The Morgan fingerprint density at radius 2 is 1.59 bits per heavy atom. The van der Waals surface area contributed by atoms with Gasteiger partial charge in [0.1, 0.15) is 41.1 Å². The van der Waals surface area contributed by atoms with Crippen molar-refractivity contribution in [3.63, 3.8) is 0 Å². The molecule has 172 valence electrons. The quantitative estimate of drug-likeness (QED) is 0.313. The Morgan fingerprint density at radius 1 is 0.875 bits per heavy atom. The first-order valence-electron chi connectivity index (χ1n) is 9.72. The maximum atomic E-state index is 13.3. The predicted octanol–water partition coefficient (Wildman–Crippen LogP) is 0.0381. The zero-order valence-electron chi connectivity index (χ0n) is 16.7. The summed E-state index contributed by atoms with van der Waals surface area (Å²) >= 11 is 0. The van der Waals surface area contributed by atoms with Crippen molar-refractivity contribution in [3.05, 3.63) is 41.5 Å². The number of fused-ring (bicyclic) bond motifs is 1. The third-order valence-corrected chi connectivity index (χ3v) is 5.52. The molecule has 11 heteroatoms. The van der Waals surface area contributed by atoms with Crippen molar-refractivity contribution in [1.82, 2.24) is 0 Å². The van der Waals surface area contributed by atoms with Crippen LogP contribution in [0, 0.1) is 0 Å². The van der Waals surface area contributed by atoms with E-state index in [-0.39, 0.29) is 22.6 Å². The van der Waals surface area contributed by atoms with Gasteiger partial charge in [-0.2, -0.15) is 0 Å². The highest BCUT2D eigenvalue weighted by Crippen LogP contribution is 2.44. The zero-order valence-corrected chi connectivity index (χ0v) is 16.7. The number of carbonyl (C=O) groups excluding carboxylic acids is 1. The molecular formula is C21H22O11. The van der Waals surface area contributed by atoms with Gasteiger partial charge in [0.05, 0.1) is 6.10 Å². The molecule has 7 atom stereocenters. The van der Waals surface area contributed by atoms with Crippen molar-refractivity contribution < 1.29 is 54.8 Å². The molecule has 11 nitrogen and oxygen atoms in total. The highest BCUT2D eigenvalue weighted by molar-refractivity contribution is 6.05. The largest absolute Gasteiger partial charge is 0.508 e. The van der Waals surface area contributed by atoms with Gasteiger partial charge in [0, 0.05) is 12.1 Å². The molecule has 2 aromatic rings. The molecular weight excluding hydrogens is 428 g/mol. The highest BCUT2D eigenvalue weighted by atomic mass is 16.7. The molecule has 2 aromatic carbocycles. The van der Waals surface area contributed by atoms with Crippen LogP contribution in [-0.4, -0.2) is 78.3 Å². The minimum absolute atomic E-state index is 0.154. The molecule has 2 aliphatic rings. The summed E-state index contributed by atoms with van der Waals surface area (Å²) in [6.07, 6.45) is -10.0. The van der Waals surface area contributed by atoms with Gasteiger partial charge in [-0.25, -0.2) is 0 Å². The van der Waals surface area contributed by atoms with Gasteiger partial charge in [-0.3, -0.25) is 4.79 Å². The fourth-order valence-electron chi connectivity index (χ4n) is 3.77. The summed E-state index contributed by atoms with van der Waals surface area (Å²) in [4.78, 5) is 13.3. The van der Waals surface area contributed by atoms with Crippen LogP contribution in [0.15, 0.2) is 30.3 Å². The van der Waals surface area contributed by atoms with E-state index in [1.54, 1.807) is 0 Å². The summed E-state index contributed by atoms with van der Waals surface area (Å²) in [5.74, 6) is -2.79. The number of hydrogen-bond donors (Lipinski definition) is 7. The van der Waals surface area contributed by atoms with E-state index in [9.17, 15) is 40.5 Å². The number of ether oxygens (including phenoxy) is 3. The molecule has 32 heavy (non-hydrogen) atoms. The van der Waals surface area contributed by atoms with E-state index < -0.39 is 65.9 Å². The summed E-state index contributed by atoms with van der Waals surface area (Å²) in [5.41, 5.74) is -0.1000. The second-order valence-corrected chi connectivity index (χ2v) is 7.73. The lowest BCUT2D eigenvalue weighted by Crippen LogP contribution is -2.59. The molecule has 0 amide bonds. The molecule has 2 heterocycles. The number of aliphatic hydroxyl groups excluding tert-OH is 3. The van der Waals surface area contributed by atoms with E-state index in [2.05, 4.69) is 0 Å². The Balaban J connectivity index is 1.75. The van der Waals surface area contributed by atoms with Crippen molar-refractivity contribution in [2.75, 3.05) is 0 Å². The second kappa shape index (κ2) is 8.11. The molecule has 1 fully saturated rings. The van der Waals surface area contributed by atoms with Crippen molar-refractivity contribution in [3.8, 4) is 28.7 Å². The van der Waals surface area contributed by atoms with Crippen molar-refractivity contribution >= 4 is 5.78 Å². The average molecular weight is 450 g/mol. The van der Waals surface area contributed by atoms with Crippen LogP contribution in [0.3, 0.4) is 0 Å². The first kappa shape index (κ1) is 22.1. The predicted molar refractivity (Wildman–Crippen MR) is 104 cm³/mol. The number of aliphatic hydroxyl groups is 3. The van der Waals surface area contributed by atoms with Crippen LogP contribution >= 0.6 is 0 Å². The number of hydrogen-bond acceptors (Lipinski definition) is 11. The lowest BCUT2D eigenvalue weighted by molar-refractivity contribution is -0.304. The van der Waals surface area contributed by atoms with E-state index in [0.29, 0.717) is 0 Å². The SMILES string of the molecule is C[C@@H]1O[C@H](O[C@H]2C(=O)c3c(O)cc(O)cc3O[C@@H]2c2ccc(O)c(O)c2)[C@@H](O)[C@H](O)[C@H]1O. The molecule has 0 aliphatic carbocycles. The molecule has 4 rings (SSSR count). The van der Waals surface area contributed by atoms with E-state index in [1.165, 1.54) is 19.1 Å². The Labute approximate surface area is 181 Å². The van der Waals surface area contributed by atoms with Gasteiger partial charge < -0.3 is 50.0 Å². The maximum absolute atomic E-state index is 13.3. The minimum atomic E-state index is -1.71. The van der Waals surface area contributed by atoms with Gasteiger partial charge in [0.15, 0.2) is 30.0 Å². The topological polar surface area (TPSA) is 186 Å². The van der Waals surface area contributed by atoms with E-state index in [4.69, 9.17) is 14.2 Å². The zero-order chi connectivity index (χ0) is 23.3. The van der Waals surface area contributed by atoms with Gasteiger partial charge in [0.2, 0.25) is 5.78 Å². The molecule has 0 radical (unpaired) electrons. The number of phenols is 4. The third-order valence-electron chi connectivity index (χ3n) is 5.52. The van der Waals surface area contributed by atoms with Crippen LogP contribution in [0.1, 0.15) is 28.9 Å². The molecule has 0 aromatic heterocycles. The van der Waals surface area contributed by atoms with Crippen LogP contribution in [0.5, 0.6) is 28.7 Å². The van der Waals surface area contributed by atoms with Gasteiger partial charge in [-0.05, 0) is 24.6 Å². The van der Waals surface area contributed by atoms with Crippen LogP contribution in [0.4, 0.5) is 0 Å². The van der Waals surface area contributed by atoms with Crippen LogP contribution in [-0.2, 0) is 9.47 Å². The number of ketones is 1. The summed E-state index contributed by atoms with van der Waals surface area (Å²) < 4.78 is 16.9. The Morgan fingerprint density at radius 3 is 2.28 bits per heavy atom. The number of benzene rings is 2. The van der Waals surface area contributed by atoms with E-state index in [0.717, 1.165) is 18.2 Å². The fraction of sp³-hybridized carbons (Fsp3) is 0.381. The van der Waals surface area contributed by atoms with Crippen molar-refractivity contribution in [2.45, 2.75) is 49.8 Å². The molecule has 0 spiro atoms. The molecule has 0 bridgehead atoms. The number of Topliss-reactive ketones (excluding diaryl/α,β-unsaturated/α-hetero) is 1. The minimum Gasteiger partial charge on any atom is -0.508 e. The Kier molecular flexibility index (Phi) is 5.61. The maximum Gasteiger partial charge on any atom is 0.203 e. The monoisotopic (exact) mass is 450 g/mol. The number of phenolic OH excluding ortho intramolecular Hbond substituents is 4. The summed E-state index contributed by atoms with van der Waals surface area (Å²) in [5, 5.41) is 69.7. The number of rotatable bonds is 3. The van der Waals surface area contributed by atoms with Crippen LogP contribution < -0.4 is 4.74 Å². The summed E-state index contributed by atoms with van der Waals surface area (Å²) in [7, 11) is 0. The Bertz CT molecular complexity index is 1040. The summed E-state index contributed by atoms with van der Waals surface area (Å²) in [6.45, 7) is 1.44. The lowest BCUT2D eigenvalue weighted by Gasteiger charge is -2.42. The van der Waals surface area contributed by atoms with Crippen molar-refractivity contribution in [2.24, 2.45) is 0 Å². The van der Waals surface area contributed by atoms with Crippen LogP contribution in [0.2, 0.25) is 0 Å². The van der Waals surface area contributed by atoms with Gasteiger partial charge in [-0.1, -0.05) is 6.07 Å². The Hall–Kier alpha value is -3.09. The standard InChI is InChI=1S/C21H22O11/c1-7-15(26)17(28)18(29)21(30-7)32-20-16(27)14-12(25)5-9(22)6-13(14)31-19(20)8-2-3-10(23)11(24)4-8/h2-7,15,17-26,28-29H,1H3/t7-,15-,17+,18-,19+,20-,21+/m0/s1. The molecule has 0 saturated carbocycles. The highest BCUT2D eigenvalue weighted by Gasteiger charge is 2.48. The first-order chi connectivity index (χ1) is 15.1. The smallest absolute Gasteiger partial charge is 0.203 e.